The van der Waals surface area contributed by atoms with Crippen molar-refractivity contribution in [2.75, 3.05) is 13.2 Å². The van der Waals surface area contributed by atoms with Gasteiger partial charge in [0.2, 0.25) is 5.91 Å². The van der Waals surface area contributed by atoms with Gasteiger partial charge in [-0.1, -0.05) is 38.1 Å². The van der Waals surface area contributed by atoms with Gasteiger partial charge < -0.3 is 10.0 Å². The molecule has 0 aromatic heterocycles. The summed E-state index contributed by atoms with van der Waals surface area (Å²) in [4.78, 5) is 13.5. The van der Waals surface area contributed by atoms with E-state index in [-0.39, 0.29) is 18.6 Å². The monoisotopic (exact) mass is 247 g/mol. The SMILES string of the molecule is CC(C)c1ccc(C2CCC(=O)N2CCO)cc1. The molecule has 3 nitrogen and oxygen atoms in total. The molecule has 1 saturated heterocycles. The van der Waals surface area contributed by atoms with Crippen molar-refractivity contribution in [1.82, 2.24) is 4.90 Å². The summed E-state index contributed by atoms with van der Waals surface area (Å²) in [6, 6.07) is 8.65. The Morgan fingerprint density at radius 2 is 2.00 bits per heavy atom. The van der Waals surface area contributed by atoms with Crippen molar-refractivity contribution in [3.63, 3.8) is 0 Å². The number of carbonyl (C=O) groups excluding carboxylic acids is 1. The van der Waals surface area contributed by atoms with Crippen molar-refractivity contribution in [1.29, 1.82) is 0 Å². The predicted octanol–water partition coefficient (Wildman–Crippen LogP) is 2.47. The number of amides is 1. The van der Waals surface area contributed by atoms with Gasteiger partial charge in [-0.05, 0) is 23.5 Å². The Kier molecular flexibility index (Phi) is 4.02. The van der Waals surface area contributed by atoms with Crippen molar-refractivity contribution in [2.45, 2.75) is 38.6 Å². The average Bonchev–Trinajstić information content (AvgIpc) is 2.72. The van der Waals surface area contributed by atoms with Crippen molar-refractivity contribution < 1.29 is 9.90 Å². The number of likely N-dealkylation sites (tertiary alicyclic amines) is 1. The Labute approximate surface area is 108 Å². The number of hydrogen-bond acceptors (Lipinski definition) is 2. The summed E-state index contributed by atoms with van der Waals surface area (Å²) in [5.41, 5.74) is 2.50. The summed E-state index contributed by atoms with van der Waals surface area (Å²) in [5.74, 6) is 0.680. The molecule has 1 atom stereocenters. The summed E-state index contributed by atoms with van der Waals surface area (Å²) in [6.45, 7) is 4.82. The summed E-state index contributed by atoms with van der Waals surface area (Å²) < 4.78 is 0. The van der Waals surface area contributed by atoms with Crippen LogP contribution in [0.5, 0.6) is 0 Å². The van der Waals surface area contributed by atoms with Crippen LogP contribution >= 0.6 is 0 Å². The van der Waals surface area contributed by atoms with Crippen LogP contribution in [0.4, 0.5) is 0 Å². The lowest BCUT2D eigenvalue weighted by Crippen LogP contribution is -2.30. The zero-order valence-electron chi connectivity index (χ0n) is 11.1. The molecule has 1 unspecified atom stereocenters. The molecule has 1 aliphatic rings. The number of nitrogens with zero attached hydrogens (tertiary/aromatic N) is 1. The Morgan fingerprint density at radius 1 is 1.33 bits per heavy atom. The quantitative estimate of drug-likeness (QED) is 0.888. The highest BCUT2D eigenvalue weighted by Gasteiger charge is 2.31. The van der Waals surface area contributed by atoms with E-state index in [1.165, 1.54) is 11.1 Å². The number of hydrogen-bond donors (Lipinski definition) is 1. The van der Waals surface area contributed by atoms with Crippen LogP contribution < -0.4 is 0 Å². The second kappa shape index (κ2) is 5.53. The van der Waals surface area contributed by atoms with E-state index in [2.05, 4.69) is 38.1 Å². The van der Waals surface area contributed by atoms with Crippen LogP contribution in [0.15, 0.2) is 24.3 Å². The molecule has 1 aromatic carbocycles. The van der Waals surface area contributed by atoms with Gasteiger partial charge in [-0.15, -0.1) is 0 Å². The summed E-state index contributed by atoms with van der Waals surface area (Å²) in [5, 5.41) is 9.03. The number of rotatable bonds is 4. The van der Waals surface area contributed by atoms with Crippen molar-refractivity contribution in [2.24, 2.45) is 0 Å². The van der Waals surface area contributed by atoms with Crippen LogP contribution in [0.25, 0.3) is 0 Å². The van der Waals surface area contributed by atoms with Gasteiger partial charge in [-0.25, -0.2) is 0 Å². The van der Waals surface area contributed by atoms with E-state index in [0.29, 0.717) is 18.9 Å². The largest absolute Gasteiger partial charge is 0.395 e. The second-order valence-corrected chi connectivity index (χ2v) is 5.19. The molecule has 1 aliphatic heterocycles. The van der Waals surface area contributed by atoms with E-state index < -0.39 is 0 Å². The van der Waals surface area contributed by atoms with Crippen LogP contribution in [0.3, 0.4) is 0 Å². The Bertz CT molecular complexity index is 411. The third kappa shape index (κ3) is 2.56. The molecule has 98 valence electrons. The van der Waals surface area contributed by atoms with Crippen LogP contribution in [-0.2, 0) is 4.79 Å². The molecule has 0 saturated carbocycles. The Morgan fingerprint density at radius 3 is 2.56 bits per heavy atom. The van der Waals surface area contributed by atoms with Gasteiger partial charge in [0.05, 0.1) is 12.6 Å². The Balaban J connectivity index is 2.17. The molecule has 3 heteroatoms. The first-order valence-corrected chi connectivity index (χ1v) is 6.63. The van der Waals surface area contributed by atoms with E-state index in [1.54, 1.807) is 4.90 Å². The number of aliphatic hydroxyl groups excluding tert-OH is 1. The zero-order chi connectivity index (χ0) is 13.1. The Hall–Kier alpha value is -1.35. The van der Waals surface area contributed by atoms with Crippen LogP contribution in [0, 0.1) is 0 Å². The highest BCUT2D eigenvalue weighted by molar-refractivity contribution is 5.79. The molecule has 2 rings (SSSR count). The van der Waals surface area contributed by atoms with Crippen molar-refractivity contribution in [3.8, 4) is 0 Å². The van der Waals surface area contributed by atoms with Crippen LogP contribution in [0.1, 0.15) is 49.8 Å². The standard InChI is InChI=1S/C15H21NO2/c1-11(2)12-3-5-13(6-4-12)14-7-8-15(18)16(14)9-10-17/h3-6,11,14,17H,7-10H2,1-2H3. The fourth-order valence-corrected chi connectivity index (χ4v) is 2.57. The molecule has 18 heavy (non-hydrogen) atoms. The van der Waals surface area contributed by atoms with E-state index in [4.69, 9.17) is 5.11 Å². The first kappa shape index (κ1) is 13.1. The minimum absolute atomic E-state index is 0.0340. The van der Waals surface area contributed by atoms with Crippen LogP contribution in [-0.4, -0.2) is 29.1 Å². The summed E-state index contributed by atoms with van der Waals surface area (Å²) >= 11 is 0. The van der Waals surface area contributed by atoms with E-state index in [9.17, 15) is 4.79 Å². The average molecular weight is 247 g/mol. The molecule has 0 spiro atoms. The molecule has 0 radical (unpaired) electrons. The van der Waals surface area contributed by atoms with Gasteiger partial charge in [0, 0.05) is 13.0 Å². The topological polar surface area (TPSA) is 40.5 Å². The molecule has 0 aliphatic carbocycles. The molecule has 0 bridgehead atoms. The first-order chi connectivity index (χ1) is 8.63. The third-order valence-electron chi connectivity index (χ3n) is 3.66. The molecular weight excluding hydrogens is 226 g/mol. The molecular formula is C15H21NO2. The van der Waals surface area contributed by atoms with Gasteiger partial charge >= 0.3 is 0 Å². The number of carbonyl (C=O) groups is 1. The number of aliphatic hydroxyl groups is 1. The fourth-order valence-electron chi connectivity index (χ4n) is 2.57. The molecule has 1 N–H and O–H groups in total. The molecule has 1 aromatic rings. The lowest BCUT2D eigenvalue weighted by molar-refractivity contribution is -0.129. The van der Waals surface area contributed by atoms with Gasteiger partial charge in [0.1, 0.15) is 0 Å². The lowest BCUT2D eigenvalue weighted by atomic mass is 9.98. The van der Waals surface area contributed by atoms with Gasteiger partial charge in [-0.2, -0.15) is 0 Å². The maximum absolute atomic E-state index is 11.7. The number of benzene rings is 1. The minimum atomic E-state index is 0.0340. The second-order valence-electron chi connectivity index (χ2n) is 5.19. The van der Waals surface area contributed by atoms with E-state index >= 15 is 0 Å². The van der Waals surface area contributed by atoms with E-state index in [1.807, 2.05) is 0 Å². The van der Waals surface area contributed by atoms with Gasteiger partial charge in [-0.3, -0.25) is 4.79 Å². The zero-order valence-corrected chi connectivity index (χ0v) is 11.1. The highest BCUT2D eigenvalue weighted by atomic mass is 16.3. The van der Waals surface area contributed by atoms with Crippen molar-refractivity contribution >= 4 is 5.91 Å². The normalized spacial score (nSPS) is 19.9. The first-order valence-electron chi connectivity index (χ1n) is 6.63. The smallest absolute Gasteiger partial charge is 0.223 e. The maximum Gasteiger partial charge on any atom is 0.223 e. The summed E-state index contributed by atoms with van der Waals surface area (Å²) in [6.07, 6.45) is 1.45. The molecule has 1 amide bonds. The fraction of sp³-hybridized carbons (Fsp3) is 0.533. The third-order valence-corrected chi connectivity index (χ3v) is 3.66. The predicted molar refractivity (Wildman–Crippen MR) is 71.3 cm³/mol. The van der Waals surface area contributed by atoms with Crippen molar-refractivity contribution in [3.05, 3.63) is 35.4 Å². The molecule has 1 fully saturated rings. The van der Waals surface area contributed by atoms with E-state index in [0.717, 1.165) is 6.42 Å². The summed E-state index contributed by atoms with van der Waals surface area (Å²) in [7, 11) is 0. The van der Waals surface area contributed by atoms with Gasteiger partial charge in [0.15, 0.2) is 0 Å². The highest BCUT2D eigenvalue weighted by Crippen LogP contribution is 2.32. The number of β-amino-alcohol motifs (C(OH)–C–C–N with tert-alkyl or cyclic N) is 1. The maximum atomic E-state index is 11.7. The molecule has 1 heterocycles. The van der Waals surface area contributed by atoms with Crippen LogP contribution in [0.2, 0.25) is 0 Å². The minimum Gasteiger partial charge on any atom is -0.395 e. The van der Waals surface area contributed by atoms with Gasteiger partial charge in [0.25, 0.3) is 0 Å². The lowest BCUT2D eigenvalue weighted by Gasteiger charge is -2.24.